The number of ether oxygens (including phenoxy) is 1. The number of rotatable bonds is 4. The average molecular weight is 275 g/mol. The third-order valence-electron chi connectivity index (χ3n) is 3.11. The van der Waals surface area contributed by atoms with E-state index in [0.29, 0.717) is 6.54 Å². The minimum Gasteiger partial charge on any atom is -0.510 e. The van der Waals surface area contributed by atoms with Gasteiger partial charge in [0.2, 0.25) is 5.91 Å². The van der Waals surface area contributed by atoms with Crippen molar-refractivity contribution in [2.75, 3.05) is 13.2 Å². The van der Waals surface area contributed by atoms with E-state index in [2.05, 4.69) is 0 Å². The molecule has 0 atom stereocenters. The Morgan fingerprint density at radius 2 is 2.05 bits per heavy atom. The smallest absolute Gasteiger partial charge is 0.338 e. The molecule has 5 nitrogen and oxygen atoms in total. The van der Waals surface area contributed by atoms with Gasteiger partial charge in [0.15, 0.2) is 0 Å². The standard InChI is InChI=1S/C15H17NO4/c1-2-20-15(19)12-8-14(18)16(10-13(12)17)9-11-6-4-3-5-7-11/h3-7,17H,2,8-10H2,1H3. The van der Waals surface area contributed by atoms with Crippen LogP contribution in [0.2, 0.25) is 0 Å². The fraction of sp³-hybridized carbons (Fsp3) is 0.333. The zero-order chi connectivity index (χ0) is 14.5. The molecule has 106 valence electrons. The molecular formula is C15H17NO4. The van der Waals surface area contributed by atoms with Crippen molar-refractivity contribution < 1.29 is 19.4 Å². The number of hydrogen-bond donors (Lipinski definition) is 1. The van der Waals surface area contributed by atoms with Crippen LogP contribution in [0, 0.1) is 0 Å². The first-order valence-electron chi connectivity index (χ1n) is 6.51. The quantitative estimate of drug-likeness (QED) is 0.851. The Morgan fingerprint density at radius 1 is 1.35 bits per heavy atom. The zero-order valence-corrected chi connectivity index (χ0v) is 11.3. The van der Waals surface area contributed by atoms with Crippen LogP contribution in [0.4, 0.5) is 0 Å². The van der Waals surface area contributed by atoms with Crippen molar-refractivity contribution in [3.63, 3.8) is 0 Å². The maximum atomic E-state index is 12.0. The molecule has 0 radical (unpaired) electrons. The van der Waals surface area contributed by atoms with Crippen molar-refractivity contribution in [3.8, 4) is 0 Å². The molecule has 0 aliphatic carbocycles. The normalized spacial score (nSPS) is 15.4. The number of hydrogen-bond acceptors (Lipinski definition) is 4. The highest BCUT2D eigenvalue weighted by Gasteiger charge is 2.29. The number of aliphatic hydroxyl groups excluding tert-OH is 1. The SMILES string of the molecule is CCOC(=O)C1=C(O)CN(Cc2ccccc2)C(=O)C1. The van der Waals surface area contributed by atoms with E-state index in [1.165, 1.54) is 4.90 Å². The predicted octanol–water partition coefficient (Wildman–Crippen LogP) is 1.79. The molecule has 0 unspecified atom stereocenters. The third-order valence-corrected chi connectivity index (χ3v) is 3.11. The van der Waals surface area contributed by atoms with E-state index in [0.717, 1.165) is 5.56 Å². The zero-order valence-electron chi connectivity index (χ0n) is 11.3. The van der Waals surface area contributed by atoms with Crippen molar-refractivity contribution in [2.24, 2.45) is 0 Å². The largest absolute Gasteiger partial charge is 0.510 e. The molecule has 20 heavy (non-hydrogen) atoms. The molecule has 0 saturated heterocycles. The summed E-state index contributed by atoms with van der Waals surface area (Å²) >= 11 is 0. The lowest BCUT2D eigenvalue weighted by Crippen LogP contribution is -2.38. The second-order valence-corrected chi connectivity index (χ2v) is 4.56. The average Bonchev–Trinajstić information content (AvgIpc) is 2.44. The Labute approximate surface area is 117 Å². The lowest BCUT2D eigenvalue weighted by atomic mass is 10.0. The molecule has 1 aliphatic rings. The number of carbonyl (C=O) groups is 2. The molecule has 0 bridgehead atoms. The Kier molecular flexibility index (Phi) is 4.40. The predicted molar refractivity (Wildman–Crippen MR) is 72.8 cm³/mol. The van der Waals surface area contributed by atoms with Gasteiger partial charge in [0.05, 0.1) is 25.1 Å². The first kappa shape index (κ1) is 14.1. The number of carbonyl (C=O) groups excluding carboxylic acids is 2. The number of nitrogens with zero attached hydrogens (tertiary/aromatic N) is 1. The third kappa shape index (κ3) is 3.17. The topological polar surface area (TPSA) is 66.8 Å². The van der Waals surface area contributed by atoms with Crippen LogP contribution < -0.4 is 0 Å². The number of aliphatic hydroxyl groups is 1. The van der Waals surface area contributed by atoms with Gasteiger partial charge in [-0.15, -0.1) is 0 Å². The Balaban J connectivity index is 2.09. The highest BCUT2D eigenvalue weighted by Crippen LogP contribution is 2.20. The van der Waals surface area contributed by atoms with Crippen molar-refractivity contribution in [1.82, 2.24) is 4.90 Å². The van der Waals surface area contributed by atoms with Crippen molar-refractivity contribution in [2.45, 2.75) is 19.9 Å². The minimum atomic E-state index is -0.613. The van der Waals surface area contributed by atoms with Gasteiger partial charge in [-0.1, -0.05) is 30.3 Å². The second kappa shape index (κ2) is 6.23. The van der Waals surface area contributed by atoms with E-state index in [1.807, 2.05) is 30.3 Å². The molecule has 0 fully saturated rings. The van der Waals surface area contributed by atoms with Crippen LogP contribution in [0.1, 0.15) is 18.9 Å². The molecule has 1 aromatic carbocycles. The minimum absolute atomic E-state index is 0.0435. The molecular weight excluding hydrogens is 258 g/mol. The summed E-state index contributed by atoms with van der Waals surface area (Å²) < 4.78 is 4.83. The summed E-state index contributed by atoms with van der Waals surface area (Å²) in [7, 11) is 0. The van der Waals surface area contributed by atoms with Gasteiger partial charge in [0.25, 0.3) is 0 Å². The van der Waals surface area contributed by atoms with Gasteiger partial charge in [0.1, 0.15) is 5.76 Å². The first-order chi connectivity index (χ1) is 9.61. The summed E-state index contributed by atoms with van der Waals surface area (Å²) in [6, 6.07) is 9.51. The van der Waals surface area contributed by atoms with E-state index in [4.69, 9.17) is 4.74 Å². The van der Waals surface area contributed by atoms with Gasteiger partial charge in [-0.05, 0) is 12.5 Å². The number of esters is 1. The van der Waals surface area contributed by atoms with Crippen LogP contribution in [0.25, 0.3) is 0 Å². The van der Waals surface area contributed by atoms with Crippen molar-refractivity contribution in [1.29, 1.82) is 0 Å². The summed E-state index contributed by atoms with van der Waals surface area (Å²) in [5, 5.41) is 9.92. The molecule has 1 N–H and O–H groups in total. The molecule has 5 heteroatoms. The lowest BCUT2D eigenvalue weighted by Gasteiger charge is -2.27. The number of amides is 1. The second-order valence-electron chi connectivity index (χ2n) is 4.56. The summed E-state index contributed by atoms with van der Waals surface area (Å²) in [4.78, 5) is 25.2. The maximum Gasteiger partial charge on any atom is 0.338 e. The molecule has 1 heterocycles. The van der Waals surface area contributed by atoms with E-state index >= 15 is 0 Å². The van der Waals surface area contributed by atoms with E-state index in [1.54, 1.807) is 6.92 Å². The van der Waals surface area contributed by atoms with Crippen LogP contribution >= 0.6 is 0 Å². The fourth-order valence-electron chi connectivity index (χ4n) is 2.09. The monoisotopic (exact) mass is 275 g/mol. The van der Waals surface area contributed by atoms with E-state index in [-0.39, 0.29) is 36.8 Å². The van der Waals surface area contributed by atoms with Gasteiger partial charge < -0.3 is 14.7 Å². The molecule has 1 amide bonds. The molecule has 0 spiro atoms. The molecule has 1 aromatic rings. The highest BCUT2D eigenvalue weighted by molar-refractivity contribution is 5.97. The van der Waals surface area contributed by atoms with E-state index in [9.17, 15) is 14.7 Å². The van der Waals surface area contributed by atoms with Gasteiger partial charge in [-0.25, -0.2) is 4.79 Å². The van der Waals surface area contributed by atoms with E-state index < -0.39 is 5.97 Å². The van der Waals surface area contributed by atoms with Crippen LogP contribution in [-0.2, 0) is 20.9 Å². The van der Waals surface area contributed by atoms with Gasteiger partial charge in [0, 0.05) is 6.54 Å². The van der Waals surface area contributed by atoms with Gasteiger partial charge in [-0.3, -0.25) is 4.79 Å². The van der Waals surface area contributed by atoms with Crippen LogP contribution in [0.3, 0.4) is 0 Å². The van der Waals surface area contributed by atoms with Crippen LogP contribution in [-0.4, -0.2) is 35.0 Å². The summed E-state index contributed by atoms with van der Waals surface area (Å²) in [6.45, 7) is 2.36. The molecule has 0 aromatic heterocycles. The van der Waals surface area contributed by atoms with Crippen molar-refractivity contribution >= 4 is 11.9 Å². The fourth-order valence-corrected chi connectivity index (χ4v) is 2.09. The Bertz CT molecular complexity index is 536. The van der Waals surface area contributed by atoms with Gasteiger partial charge in [-0.2, -0.15) is 0 Å². The maximum absolute atomic E-state index is 12.0. The first-order valence-corrected chi connectivity index (χ1v) is 6.51. The van der Waals surface area contributed by atoms with Crippen LogP contribution in [0.15, 0.2) is 41.7 Å². The summed E-state index contributed by atoms with van der Waals surface area (Å²) in [5.41, 5.74) is 1.05. The summed E-state index contributed by atoms with van der Waals surface area (Å²) in [5.74, 6) is -0.883. The van der Waals surface area contributed by atoms with Crippen molar-refractivity contribution in [3.05, 3.63) is 47.2 Å². The molecule has 1 aliphatic heterocycles. The Hall–Kier alpha value is -2.30. The summed E-state index contributed by atoms with van der Waals surface area (Å²) in [6.07, 6.45) is -0.114. The molecule has 0 saturated carbocycles. The van der Waals surface area contributed by atoms with Gasteiger partial charge >= 0.3 is 5.97 Å². The number of benzene rings is 1. The lowest BCUT2D eigenvalue weighted by molar-refractivity contribution is -0.142. The van der Waals surface area contributed by atoms with Crippen LogP contribution in [0.5, 0.6) is 0 Å². The molecule has 2 rings (SSSR count). The highest BCUT2D eigenvalue weighted by atomic mass is 16.5. The Morgan fingerprint density at radius 3 is 2.70 bits per heavy atom.